The summed E-state index contributed by atoms with van der Waals surface area (Å²) < 4.78 is 26.5. The molecule has 1 amide bonds. The molecule has 0 aliphatic rings. The lowest BCUT2D eigenvalue weighted by molar-refractivity contribution is -0.0756. The SMILES string of the molecule is CCSc1ncc(C(=O)N(C)OC)c(N)n1.CCSc1ncc(C(=O)c2ccccc2F)c(N)n1.Fc1ccccc1I. The number of nitrogens with two attached hydrogens (primary N) is 2. The number of carbonyl (C=O) groups is 2. The Labute approximate surface area is 270 Å². The van der Waals surface area contributed by atoms with E-state index in [0.29, 0.717) is 13.9 Å². The van der Waals surface area contributed by atoms with E-state index in [0.717, 1.165) is 16.6 Å². The van der Waals surface area contributed by atoms with Gasteiger partial charge in [-0.3, -0.25) is 14.4 Å². The molecule has 0 bridgehead atoms. The summed E-state index contributed by atoms with van der Waals surface area (Å²) in [5.74, 6) is 0.285. The van der Waals surface area contributed by atoms with Gasteiger partial charge in [-0.2, -0.15) is 0 Å². The Balaban J connectivity index is 0.000000243. The smallest absolute Gasteiger partial charge is 0.282 e. The Kier molecular flexibility index (Phi) is 15.2. The summed E-state index contributed by atoms with van der Waals surface area (Å²) in [4.78, 5) is 44.7. The number of amides is 1. The van der Waals surface area contributed by atoms with Crippen molar-refractivity contribution in [3.05, 3.63) is 92.8 Å². The van der Waals surface area contributed by atoms with E-state index in [4.69, 9.17) is 16.3 Å². The van der Waals surface area contributed by atoms with Crippen LogP contribution in [-0.4, -0.2) is 62.4 Å². The molecule has 0 saturated heterocycles. The van der Waals surface area contributed by atoms with Crippen LogP contribution in [0.1, 0.15) is 40.1 Å². The molecule has 43 heavy (non-hydrogen) atoms. The number of carbonyl (C=O) groups excluding carboxylic acids is 2. The number of hydrogen-bond donors (Lipinski definition) is 2. The molecule has 15 heteroatoms. The van der Waals surface area contributed by atoms with E-state index in [1.165, 1.54) is 74.3 Å². The van der Waals surface area contributed by atoms with Crippen molar-refractivity contribution in [2.24, 2.45) is 0 Å². The van der Waals surface area contributed by atoms with Crippen molar-refractivity contribution in [1.82, 2.24) is 25.0 Å². The summed E-state index contributed by atoms with van der Waals surface area (Å²) in [7, 11) is 2.90. The number of benzene rings is 2. The Morgan fingerprint density at radius 2 is 1.33 bits per heavy atom. The summed E-state index contributed by atoms with van der Waals surface area (Å²) in [6, 6.07) is 12.4. The van der Waals surface area contributed by atoms with Crippen LogP contribution in [0.4, 0.5) is 20.4 Å². The Hall–Kier alpha value is -3.41. The lowest BCUT2D eigenvalue weighted by Gasteiger charge is -2.14. The number of nitrogen functional groups attached to an aromatic ring is 2. The number of thioether (sulfide) groups is 2. The molecule has 4 N–H and O–H groups in total. The Bertz CT molecular complexity index is 1510. The van der Waals surface area contributed by atoms with Crippen molar-refractivity contribution in [1.29, 1.82) is 0 Å². The van der Waals surface area contributed by atoms with Crippen molar-refractivity contribution in [3.63, 3.8) is 0 Å². The van der Waals surface area contributed by atoms with Crippen molar-refractivity contribution in [2.45, 2.75) is 24.2 Å². The van der Waals surface area contributed by atoms with Gasteiger partial charge in [0.2, 0.25) is 5.78 Å². The van der Waals surface area contributed by atoms with Crippen molar-refractivity contribution in [2.75, 3.05) is 37.1 Å². The number of halogens is 3. The molecule has 2 aromatic heterocycles. The summed E-state index contributed by atoms with van der Waals surface area (Å²) in [5.41, 5.74) is 11.7. The number of rotatable bonds is 8. The number of nitrogens with zero attached hydrogens (tertiary/aromatic N) is 5. The maximum Gasteiger partial charge on any atom is 0.282 e. The number of hydrogen-bond acceptors (Lipinski definition) is 11. The van der Waals surface area contributed by atoms with Gasteiger partial charge in [0.25, 0.3) is 5.91 Å². The second-order valence-corrected chi connectivity index (χ2v) is 11.6. The second-order valence-electron chi connectivity index (χ2n) is 7.98. The highest BCUT2D eigenvalue weighted by molar-refractivity contribution is 14.1. The zero-order valence-corrected chi connectivity index (χ0v) is 27.5. The predicted octanol–water partition coefficient (Wildman–Crippen LogP) is 5.78. The van der Waals surface area contributed by atoms with Crippen molar-refractivity contribution < 1.29 is 23.2 Å². The highest BCUT2D eigenvalue weighted by atomic mass is 127. The maximum atomic E-state index is 13.6. The van der Waals surface area contributed by atoms with E-state index >= 15 is 0 Å². The van der Waals surface area contributed by atoms with Crippen LogP contribution < -0.4 is 11.5 Å². The third kappa shape index (κ3) is 11.0. The predicted molar refractivity (Wildman–Crippen MR) is 174 cm³/mol. The highest BCUT2D eigenvalue weighted by Crippen LogP contribution is 2.20. The molecule has 0 saturated carbocycles. The van der Waals surface area contributed by atoms with Crippen LogP contribution in [0.15, 0.2) is 71.2 Å². The standard InChI is InChI=1S/C13H12FN3OS.C9H14N4O2S.C6H4FI/c1-2-19-13-16-7-9(12(15)17-13)11(18)8-5-3-4-6-10(8)14;1-4-16-9-11-5-6(7(10)12-9)8(14)13(2)15-3;7-5-3-1-2-4-6(5)8/h3-7H,2H2,1H3,(H2,15,16,17);5H,4H2,1-3H3,(H2,10,11,12);1-4H. The van der Waals surface area contributed by atoms with Crippen LogP contribution >= 0.6 is 46.1 Å². The topological polar surface area (TPSA) is 150 Å². The fourth-order valence-electron chi connectivity index (χ4n) is 2.98. The molecule has 228 valence electrons. The van der Waals surface area contributed by atoms with Crippen LogP contribution in [0.3, 0.4) is 0 Å². The molecule has 0 unspecified atom stereocenters. The molecular weight excluding hydrogens is 711 g/mol. The number of anilines is 2. The molecule has 0 atom stereocenters. The van der Waals surface area contributed by atoms with E-state index in [2.05, 4.69) is 19.9 Å². The minimum Gasteiger partial charge on any atom is -0.383 e. The third-order valence-corrected chi connectivity index (χ3v) is 7.48. The van der Waals surface area contributed by atoms with Gasteiger partial charge in [0.15, 0.2) is 10.3 Å². The van der Waals surface area contributed by atoms with Gasteiger partial charge in [-0.05, 0) is 58.4 Å². The zero-order valence-electron chi connectivity index (χ0n) is 23.8. The zero-order chi connectivity index (χ0) is 31.9. The minimum atomic E-state index is -0.584. The Morgan fingerprint density at radius 1 is 0.837 bits per heavy atom. The van der Waals surface area contributed by atoms with Gasteiger partial charge in [-0.15, -0.1) is 0 Å². The van der Waals surface area contributed by atoms with E-state index in [9.17, 15) is 18.4 Å². The van der Waals surface area contributed by atoms with Crippen LogP contribution in [0.5, 0.6) is 0 Å². The average molecular weight is 742 g/mol. The first-order valence-electron chi connectivity index (χ1n) is 12.6. The van der Waals surface area contributed by atoms with Crippen molar-refractivity contribution >= 4 is 69.4 Å². The molecular formula is C28H30F2IN7O3S2. The number of hydroxylamine groups is 2. The summed E-state index contributed by atoms with van der Waals surface area (Å²) in [5, 5.41) is 2.14. The quantitative estimate of drug-likeness (QED) is 0.0745. The fraction of sp³-hybridized carbons (Fsp3) is 0.214. The van der Waals surface area contributed by atoms with Gasteiger partial charge in [0, 0.05) is 23.0 Å². The maximum absolute atomic E-state index is 13.6. The summed E-state index contributed by atoms with van der Waals surface area (Å²) >= 11 is 4.84. The third-order valence-electron chi connectivity index (χ3n) is 5.12. The van der Waals surface area contributed by atoms with E-state index in [-0.39, 0.29) is 40.1 Å². The lowest BCUT2D eigenvalue weighted by Crippen LogP contribution is -2.26. The van der Waals surface area contributed by atoms with Gasteiger partial charge in [0.05, 0.1) is 18.2 Å². The van der Waals surface area contributed by atoms with Gasteiger partial charge in [0.1, 0.15) is 28.8 Å². The monoisotopic (exact) mass is 741 g/mol. The average Bonchev–Trinajstić information content (AvgIpc) is 2.99. The minimum absolute atomic E-state index is 0.0336. The first-order chi connectivity index (χ1) is 20.5. The Morgan fingerprint density at radius 3 is 1.74 bits per heavy atom. The van der Waals surface area contributed by atoms with Crippen LogP contribution in [0.2, 0.25) is 0 Å². The molecule has 0 fully saturated rings. The lowest BCUT2D eigenvalue weighted by atomic mass is 10.1. The summed E-state index contributed by atoms with van der Waals surface area (Å²) in [6.07, 6.45) is 2.76. The second kappa shape index (κ2) is 18.3. The first kappa shape index (κ1) is 35.8. The number of ketones is 1. The molecule has 2 aromatic carbocycles. The molecule has 4 aromatic rings. The molecule has 2 heterocycles. The fourth-order valence-corrected chi connectivity index (χ4v) is 4.46. The molecule has 0 aliphatic heterocycles. The van der Waals surface area contributed by atoms with E-state index in [1.54, 1.807) is 18.2 Å². The molecule has 0 radical (unpaired) electrons. The van der Waals surface area contributed by atoms with Gasteiger partial charge in [-0.25, -0.2) is 33.8 Å². The molecule has 4 rings (SSSR count). The highest BCUT2D eigenvalue weighted by Gasteiger charge is 2.18. The van der Waals surface area contributed by atoms with Gasteiger partial charge >= 0.3 is 0 Å². The first-order valence-corrected chi connectivity index (χ1v) is 15.6. The number of aromatic nitrogens is 4. The van der Waals surface area contributed by atoms with E-state index < -0.39 is 11.6 Å². The van der Waals surface area contributed by atoms with Gasteiger partial charge in [-0.1, -0.05) is 61.6 Å². The van der Waals surface area contributed by atoms with Crippen LogP contribution in [0.25, 0.3) is 0 Å². The van der Waals surface area contributed by atoms with Crippen LogP contribution in [0, 0.1) is 15.2 Å². The largest absolute Gasteiger partial charge is 0.383 e. The summed E-state index contributed by atoms with van der Waals surface area (Å²) in [6.45, 7) is 3.95. The van der Waals surface area contributed by atoms with Gasteiger partial charge < -0.3 is 11.5 Å². The molecule has 10 nitrogen and oxygen atoms in total. The van der Waals surface area contributed by atoms with Crippen LogP contribution in [-0.2, 0) is 4.84 Å². The molecule has 0 aliphatic carbocycles. The normalized spacial score (nSPS) is 10.1. The molecule has 0 spiro atoms. The van der Waals surface area contributed by atoms with Crippen molar-refractivity contribution in [3.8, 4) is 0 Å². The van der Waals surface area contributed by atoms with E-state index in [1.807, 2.05) is 42.5 Å².